The Bertz CT molecular complexity index is 675. The summed E-state index contributed by atoms with van der Waals surface area (Å²) in [6, 6.07) is 12.4. The molecule has 1 aromatic carbocycles. The number of piperidine rings is 1. The predicted molar refractivity (Wildman–Crippen MR) is 103 cm³/mol. The molecule has 1 atom stereocenters. The molecule has 2 aromatic rings. The maximum absolute atomic E-state index is 12.2. The summed E-state index contributed by atoms with van der Waals surface area (Å²) >= 11 is 1.77. The van der Waals surface area contributed by atoms with E-state index in [1.54, 1.807) is 36.3 Å². The average Bonchev–Trinajstić information content (AvgIpc) is 2.68. The van der Waals surface area contributed by atoms with Crippen LogP contribution in [-0.2, 0) is 6.54 Å². The van der Waals surface area contributed by atoms with Crippen LogP contribution in [0.15, 0.2) is 53.7 Å². The molecule has 3 rings (SSSR count). The van der Waals surface area contributed by atoms with Crippen LogP contribution < -0.4 is 5.32 Å². The van der Waals surface area contributed by atoms with Crippen LogP contribution in [0.5, 0.6) is 0 Å². The Kier molecular flexibility index (Phi) is 6.48. The molecule has 132 valence electrons. The van der Waals surface area contributed by atoms with Crippen molar-refractivity contribution >= 4 is 17.7 Å². The van der Waals surface area contributed by atoms with Gasteiger partial charge in [0.15, 0.2) is 0 Å². The molecular weight excluding hydrogens is 330 g/mol. The summed E-state index contributed by atoms with van der Waals surface area (Å²) < 4.78 is 0. The number of rotatable bonds is 6. The second kappa shape index (κ2) is 9.02. The van der Waals surface area contributed by atoms with Crippen molar-refractivity contribution in [3.8, 4) is 0 Å². The topological polar surface area (TPSA) is 45.2 Å². The molecule has 1 aromatic heterocycles. The summed E-state index contributed by atoms with van der Waals surface area (Å²) in [7, 11) is 0. The summed E-state index contributed by atoms with van der Waals surface area (Å²) in [5, 5.41) is 3.06. The minimum Gasteiger partial charge on any atom is -0.352 e. The molecule has 0 saturated carbocycles. The second-order valence-corrected chi connectivity index (χ2v) is 7.42. The summed E-state index contributed by atoms with van der Waals surface area (Å²) in [4.78, 5) is 20.0. The van der Waals surface area contributed by atoms with Gasteiger partial charge in [-0.3, -0.25) is 14.7 Å². The highest BCUT2D eigenvalue weighted by atomic mass is 32.2. The molecule has 1 aliphatic rings. The monoisotopic (exact) mass is 355 g/mol. The fraction of sp³-hybridized carbons (Fsp3) is 0.400. The summed E-state index contributed by atoms with van der Waals surface area (Å²) in [6.45, 7) is 3.90. The molecule has 0 aliphatic carbocycles. The number of carbonyl (C=O) groups excluding carboxylic acids is 1. The predicted octanol–water partition coefficient (Wildman–Crippen LogP) is 3.45. The van der Waals surface area contributed by atoms with Crippen molar-refractivity contribution in [3.05, 3.63) is 59.9 Å². The van der Waals surface area contributed by atoms with Crippen molar-refractivity contribution in [1.29, 1.82) is 0 Å². The van der Waals surface area contributed by atoms with E-state index in [2.05, 4.69) is 45.7 Å². The highest BCUT2D eigenvalue weighted by Gasteiger charge is 2.20. The Balaban J connectivity index is 1.48. The van der Waals surface area contributed by atoms with Gasteiger partial charge in [-0.05, 0) is 61.4 Å². The first-order valence-electron chi connectivity index (χ1n) is 8.78. The molecule has 1 N–H and O–H groups in total. The Morgan fingerprint density at radius 1 is 1.32 bits per heavy atom. The van der Waals surface area contributed by atoms with Crippen molar-refractivity contribution in [1.82, 2.24) is 15.2 Å². The van der Waals surface area contributed by atoms with Crippen LogP contribution >= 0.6 is 11.8 Å². The fourth-order valence-corrected chi connectivity index (χ4v) is 3.70. The quantitative estimate of drug-likeness (QED) is 0.806. The molecular formula is C20H25N3OS. The SMILES string of the molecule is CSc1ccc(CN2CCC[C@@H](CNC(=O)c3cccnc3)C2)cc1. The lowest BCUT2D eigenvalue weighted by atomic mass is 9.97. The lowest BCUT2D eigenvalue weighted by Gasteiger charge is -2.32. The molecule has 1 amide bonds. The van der Waals surface area contributed by atoms with Crippen LogP contribution in [0.25, 0.3) is 0 Å². The van der Waals surface area contributed by atoms with E-state index in [-0.39, 0.29) is 5.91 Å². The minimum absolute atomic E-state index is 0.0297. The van der Waals surface area contributed by atoms with Crippen molar-refractivity contribution in [2.75, 3.05) is 25.9 Å². The number of hydrogen-bond acceptors (Lipinski definition) is 4. The average molecular weight is 356 g/mol. The van der Waals surface area contributed by atoms with Gasteiger partial charge in [0, 0.05) is 36.9 Å². The van der Waals surface area contributed by atoms with Gasteiger partial charge in [-0.15, -0.1) is 11.8 Å². The first-order valence-corrected chi connectivity index (χ1v) is 10.0. The minimum atomic E-state index is -0.0297. The van der Waals surface area contributed by atoms with E-state index in [0.717, 1.165) is 26.2 Å². The maximum atomic E-state index is 12.2. The van der Waals surface area contributed by atoms with Crippen LogP contribution in [-0.4, -0.2) is 41.7 Å². The zero-order valence-corrected chi connectivity index (χ0v) is 15.5. The summed E-state index contributed by atoms with van der Waals surface area (Å²) in [5.41, 5.74) is 1.99. The molecule has 4 nitrogen and oxygen atoms in total. The largest absolute Gasteiger partial charge is 0.352 e. The molecule has 0 radical (unpaired) electrons. The van der Waals surface area contributed by atoms with Crippen LogP contribution in [0.4, 0.5) is 0 Å². The molecule has 1 saturated heterocycles. The van der Waals surface area contributed by atoms with Crippen LogP contribution in [0.1, 0.15) is 28.8 Å². The van der Waals surface area contributed by atoms with E-state index in [4.69, 9.17) is 0 Å². The fourth-order valence-electron chi connectivity index (χ4n) is 3.29. The molecule has 2 heterocycles. The molecule has 5 heteroatoms. The van der Waals surface area contributed by atoms with Crippen LogP contribution in [0, 0.1) is 5.92 Å². The zero-order valence-electron chi connectivity index (χ0n) is 14.6. The number of likely N-dealkylation sites (tertiary alicyclic amines) is 1. The number of hydrogen-bond donors (Lipinski definition) is 1. The first-order chi connectivity index (χ1) is 12.2. The van der Waals surface area contributed by atoms with Gasteiger partial charge in [-0.2, -0.15) is 0 Å². The Hall–Kier alpha value is -1.85. The van der Waals surface area contributed by atoms with E-state index in [9.17, 15) is 4.79 Å². The van der Waals surface area contributed by atoms with E-state index in [1.807, 2.05) is 0 Å². The van der Waals surface area contributed by atoms with Gasteiger partial charge >= 0.3 is 0 Å². The Morgan fingerprint density at radius 3 is 2.88 bits per heavy atom. The standard InChI is InChI=1S/C20H25N3OS/c1-25-19-8-6-16(7-9-19)14-23-11-3-4-17(15-23)12-22-20(24)18-5-2-10-21-13-18/h2,5-10,13,17H,3-4,11-12,14-15H2,1H3,(H,22,24)/t17-/m0/s1. The number of nitrogens with one attached hydrogen (secondary N) is 1. The molecule has 0 unspecified atom stereocenters. The van der Waals surface area contributed by atoms with Gasteiger partial charge in [0.05, 0.1) is 5.56 Å². The number of aromatic nitrogens is 1. The van der Waals surface area contributed by atoms with Gasteiger partial charge in [0.1, 0.15) is 0 Å². The third-order valence-corrected chi connectivity index (χ3v) is 5.39. The lowest BCUT2D eigenvalue weighted by Crippen LogP contribution is -2.40. The van der Waals surface area contributed by atoms with Crippen molar-refractivity contribution in [2.45, 2.75) is 24.3 Å². The van der Waals surface area contributed by atoms with E-state index in [0.29, 0.717) is 11.5 Å². The van der Waals surface area contributed by atoms with Gasteiger partial charge in [0.2, 0.25) is 0 Å². The number of nitrogens with zero attached hydrogens (tertiary/aromatic N) is 2. The third kappa shape index (κ3) is 5.31. The Morgan fingerprint density at radius 2 is 2.16 bits per heavy atom. The van der Waals surface area contributed by atoms with Gasteiger partial charge in [-0.1, -0.05) is 12.1 Å². The smallest absolute Gasteiger partial charge is 0.252 e. The van der Waals surface area contributed by atoms with Crippen molar-refractivity contribution in [3.63, 3.8) is 0 Å². The number of carbonyl (C=O) groups is 1. The van der Waals surface area contributed by atoms with E-state index in [1.165, 1.54) is 23.3 Å². The molecule has 1 fully saturated rings. The van der Waals surface area contributed by atoms with E-state index >= 15 is 0 Å². The van der Waals surface area contributed by atoms with Gasteiger partial charge in [0.25, 0.3) is 5.91 Å². The van der Waals surface area contributed by atoms with Crippen molar-refractivity contribution in [2.24, 2.45) is 5.92 Å². The number of pyridine rings is 1. The molecule has 25 heavy (non-hydrogen) atoms. The highest BCUT2D eigenvalue weighted by Crippen LogP contribution is 2.20. The van der Waals surface area contributed by atoms with Gasteiger partial charge in [-0.25, -0.2) is 0 Å². The zero-order chi connectivity index (χ0) is 17.5. The summed E-state index contributed by atoms with van der Waals surface area (Å²) in [6.07, 6.45) is 7.76. The summed E-state index contributed by atoms with van der Waals surface area (Å²) in [5.74, 6) is 0.484. The molecule has 1 aliphatic heterocycles. The van der Waals surface area contributed by atoms with Gasteiger partial charge < -0.3 is 5.32 Å². The number of benzene rings is 1. The maximum Gasteiger partial charge on any atom is 0.252 e. The Labute approximate surface area is 154 Å². The molecule has 0 bridgehead atoms. The normalized spacial score (nSPS) is 18.0. The van der Waals surface area contributed by atoms with Crippen LogP contribution in [0.3, 0.4) is 0 Å². The third-order valence-electron chi connectivity index (χ3n) is 4.64. The van der Waals surface area contributed by atoms with E-state index < -0.39 is 0 Å². The second-order valence-electron chi connectivity index (χ2n) is 6.54. The lowest BCUT2D eigenvalue weighted by molar-refractivity contribution is 0.0930. The highest BCUT2D eigenvalue weighted by molar-refractivity contribution is 7.98. The molecule has 0 spiro atoms. The number of amides is 1. The van der Waals surface area contributed by atoms with Crippen molar-refractivity contribution < 1.29 is 4.79 Å². The van der Waals surface area contributed by atoms with Crippen LogP contribution in [0.2, 0.25) is 0 Å². The number of thioether (sulfide) groups is 1. The first kappa shape index (κ1) is 18.0.